The molecule has 0 saturated carbocycles. The molecule has 1 aliphatic heterocycles. The largest absolute Gasteiger partial charge is 0.494 e. The highest BCUT2D eigenvalue weighted by Gasteiger charge is 2.34. The van der Waals surface area contributed by atoms with Gasteiger partial charge in [0, 0.05) is 37.9 Å². The molecule has 4 rings (SSSR count). The minimum Gasteiger partial charge on any atom is -0.494 e. The lowest BCUT2D eigenvalue weighted by atomic mass is 9.74. The van der Waals surface area contributed by atoms with Gasteiger partial charge in [0.15, 0.2) is 17.4 Å². The van der Waals surface area contributed by atoms with Crippen LogP contribution in [0.1, 0.15) is 38.1 Å². The summed E-state index contributed by atoms with van der Waals surface area (Å²) in [5.74, 6) is 2.49. The quantitative estimate of drug-likeness (QED) is 0.417. The summed E-state index contributed by atoms with van der Waals surface area (Å²) in [6.07, 6.45) is 3.88. The lowest BCUT2D eigenvalue weighted by Crippen LogP contribution is -2.48. The molecule has 0 unspecified atom stereocenters. The second-order valence-electron chi connectivity index (χ2n) is 7.94. The molecule has 170 valence electrons. The molecule has 8 nitrogen and oxygen atoms in total. The van der Waals surface area contributed by atoms with E-state index < -0.39 is 0 Å². The standard InChI is InChI=1S/C24H32N6O2/c1-3-25-23(26-17-22-29-28-21-7-5-6-14-30(21)22)27-18-24(12-15-31-16-13-24)19-8-10-20(11-9-19)32-4-2/h5-11,14H,3-4,12-13,15-18H2,1-2H3,(H2,25,26,27). The molecule has 3 heterocycles. The Morgan fingerprint density at radius 1 is 1.09 bits per heavy atom. The van der Waals surface area contributed by atoms with Crippen LogP contribution in [-0.2, 0) is 16.7 Å². The van der Waals surface area contributed by atoms with E-state index in [1.54, 1.807) is 0 Å². The van der Waals surface area contributed by atoms with Crippen LogP contribution in [0.4, 0.5) is 0 Å². The van der Waals surface area contributed by atoms with Gasteiger partial charge in [-0.15, -0.1) is 10.2 Å². The predicted molar refractivity (Wildman–Crippen MR) is 125 cm³/mol. The number of aromatic nitrogens is 3. The number of ether oxygens (including phenoxy) is 2. The lowest BCUT2D eigenvalue weighted by Gasteiger charge is -2.38. The number of hydrogen-bond acceptors (Lipinski definition) is 5. The molecule has 2 N–H and O–H groups in total. The van der Waals surface area contributed by atoms with E-state index in [9.17, 15) is 0 Å². The SMILES string of the molecule is CCNC(=NCc1nnc2ccccn12)NCC1(c2ccc(OCC)cc2)CCOCC1. The Labute approximate surface area is 189 Å². The van der Waals surface area contributed by atoms with Gasteiger partial charge in [0.1, 0.15) is 12.3 Å². The molecule has 0 amide bonds. The third kappa shape index (κ3) is 5.02. The van der Waals surface area contributed by atoms with Crippen molar-refractivity contribution in [2.45, 2.75) is 38.6 Å². The predicted octanol–water partition coefficient (Wildman–Crippen LogP) is 2.93. The van der Waals surface area contributed by atoms with Crippen molar-refractivity contribution in [1.82, 2.24) is 25.2 Å². The summed E-state index contributed by atoms with van der Waals surface area (Å²) in [4.78, 5) is 4.77. The maximum atomic E-state index is 5.68. The molecule has 1 saturated heterocycles. The van der Waals surface area contributed by atoms with Crippen molar-refractivity contribution in [3.8, 4) is 5.75 Å². The van der Waals surface area contributed by atoms with Crippen molar-refractivity contribution in [3.05, 3.63) is 60.0 Å². The molecule has 0 atom stereocenters. The van der Waals surface area contributed by atoms with Gasteiger partial charge in [-0.3, -0.25) is 4.40 Å². The number of benzene rings is 1. The van der Waals surface area contributed by atoms with E-state index in [2.05, 4.69) is 52.0 Å². The average molecular weight is 437 g/mol. The van der Waals surface area contributed by atoms with Crippen molar-refractivity contribution in [2.24, 2.45) is 4.99 Å². The van der Waals surface area contributed by atoms with Gasteiger partial charge in [0.25, 0.3) is 0 Å². The molecule has 8 heteroatoms. The number of rotatable bonds is 8. The normalized spacial score (nSPS) is 16.1. The minimum absolute atomic E-state index is 0.0131. The number of guanidine groups is 1. The van der Waals surface area contributed by atoms with Gasteiger partial charge in [-0.1, -0.05) is 18.2 Å². The zero-order valence-electron chi connectivity index (χ0n) is 18.9. The Morgan fingerprint density at radius 3 is 2.66 bits per heavy atom. The van der Waals surface area contributed by atoms with Crippen LogP contribution in [-0.4, -0.2) is 53.5 Å². The summed E-state index contributed by atoms with van der Waals surface area (Å²) in [5, 5.41) is 15.4. The zero-order valence-corrected chi connectivity index (χ0v) is 18.9. The van der Waals surface area contributed by atoms with E-state index in [1.165, 1.54) is 5.56 Å². The van der Waals surface area contributed by atoms with E-state index in [0.717, 1.165) is 62.3 Å². The average Bonchev–Trinajstić information content (AvgIpc) is 3.25. The molecule has 3 aromatic rings. The topological polar surface area (TPSA) is 85.1 Å². The van der Waals surface area contributed by atoms with Gasteiger partial charge in [0.2, 0.25) is 0 Å². The number of aliphatic imine (C=N–C) groups is 1. The third-order valence-corrected chi connectivity index (χ3v) is 5.93. The van der Waals surface area contributed by atoms with E-state index >= 15 is 0 Å². The van der Waals surface area contributed by atoms with Crippen molar-refractivity contribution >= 4 is 11.6 Å². The fourth-order valence-electron chi connectivity index (χ4n) is 4.14. The van der Waals surface area contributed by atoms with Crippen LogP contribution in [0.3, 0.4) is 0 Å². The summed E-state index contributed by atoms with van der Waals surface area (Å²) in [6.45, 7) is 8.26. The summed E-state index contributed by atoms with van der Waals surface area (Å²) in [6, 6.07) is 14.4. The first-order valence-corrected chi connectivity index (χ1v) is 11.4. The first-order valence-electron chi connectivity index (χ1n) is 11.4. The highest BCUT2D eigenvalue weighted by molar-refractivity contribution is 5.79. The molecule has 0 spiro atoms. The Balaban J connectivity index is 1.50. The number of pyridine rings is 1. The van der Waals surface area contributed by atoms with Gasteiger partial charge < -0.3 is 20.1 Å². The number of hydrogen-bond donors (Lipinski definition) is 2. The second-order valence-corrected chi connectivity index (χ2v) is 7.94. The molecule has 32 heavy (non-hydrogen) atoms. The second kappa shape index (κ2) is 10.5. The summed E-state index contributed by atoms with van der Waals surface area (Å²) in [7, 11) is 0. The highest BCUT2D eigenvalue weighted by atomic mass is 16.5. The first-order chi connectivity index (χ1) is 15.7. The molecule has 1 fully saturated rings. The molecule has 1 aromatic carbocycles. The summed E-state index contributed by atoms with van der Waals surface area (Å²) < 4.78 is 13.3. The molecule has 0 radical (unpaired) electrons. The molecular weight excluding hydrogens is 404 g/mol. The van der Waals surface area contributed by atoms with Crippen LogP contribution >= 0.6 is 0 Å². The van der Waals surface area contributed by atoms with E-state index in [-0.39, 0.29) is 5.41 Å². The maximum absolute atomic E-state index is 5.68. The summed E-state index contributed by atoms with van der Waals surface area (Å²) >= 11 is 0. The van der Waals surface area contributed by atoms with Gasteiger partial charge >= 0.3 is 0 Å². The number of fused-ring (bicyclic) bond motifs is 1. The summed E-state index contributed by atoms with van der Waals surface area (Å²) in [5.41, 5.74) is 2.11. The molecule has 2 aromatic heterocycles. The fourth-order valence-corrected chi connectivity index (χ4v) is 4.14. The van der Waals surface area contributed by atoms with Crippen molar-refractivity contribution in [1.29, 1.82) is 0 Å². The zero-order chi connectivity index (χ0) is 22.2. The molecule has 0 aliphatic carbocycles. The van der Waals surface area contributed by atoms with E-state index in [4.69, 9.17) is 14.5 Å². The van der Waals surface area contributed by atoms with Gasteiger partial charge in [-0.2, -0.15) is 0 Å². The highest BCUT2D eigenvalue weighted by Crippen LogP contribution is 2.35. The number of nitrogens with one attached hydrogen (secondary N) is 2. The van der Waals surface area contributed by atoms with Gasteiger partial charge in [-0.05, 0) is 56.5 Å². The van der Waals surface area contributed by atoms with E-state index in [1.807, 2.05) is 35.7 Å². The van der Waals surface area contributed by atoms with Crippen LogP contribution in [0.5, 0.6) is 5.75 Å². The van der Waals surface area contributed by atoms with Crippen LogP contribution < -0.4 is 15.4 Å². The Hall–Kier alpha value is -3.13. The maximum Gasteiger partial charge on any atom is 0.191 e. The first kappa shape index (κ1) is 22.1. The minimum atomic E-state index is -0.0131. The molecular formula is C24H32N6O2. The molecule has 0 bridgehead atoms. The van der Waals surface area contributed by atoms with Crippen LogP contribution in [0.25, 0.3) is 5.65 Å². The number of nitrogens with zero attached hydrogens (tertiary/aromatic N) is 4. The van der Waals surface area contributed by atoms with Crippen molar-refractivity contribution in [2.75, 3.05) is 32.9 Å². The Bertz CT molecular complexity index is 1020. The van der Waals surface area contributed by atoms with Crippen molar-refractivity contribution in [3.63, 3.8) is 0 Å². The molecule has 1 aliphatic rings. The monoisotopic (exact) mass is 436 g/mol. The lowest BCUT2D eigenvalue weighted by molar-refractivity contribution is 0.0513. The Kier molecular flexibility index (Phi) is 7.21. The Morgan fingerprint density at radius 2 is 1.91 bits per heavy atom. The van der Waals surface area contributed by atoms with Gasteiger partial charge in [-0.25, -0.2) is 4.99 Å². The van der Waals surface area contributed by atoms with Crippen LogP contribution in [0, 0.1) is 0 Å². The van der Waals surface area contributed by atoms with E-state index in [0.29, 0.717) is 13.2 Å². The van der Waals surface area contributed by atoms with Crippen LogP contribution in [0.2, 0.25) is 0 Å². The van der Waals surface area contributed by atoms with Gasteiger partial charge in [0.05, 0.1) is 6.61 Å². The third-order valence-electron chi connectivity index (χ3n) is 5.93. The smallest absolute Gasteiger partial charge is 0.191 e. The van der Waals surface area contributed by atoms with Crippen molar-refractivity contribution < 1.29 is 9.47 Å². The van der Waals surface area contributed by atoms with Crippen LogP contribution in [0.15, 0.2) is 53.7 Å². The fraction of sp³-hybridized carbons (Fsp3) is 0.458.